The van der Waals surface area contributed by atoms with Crippen molar-refractivity contribution in [3.8, 4) is 5.75 Å². The molecule has 0 bridgehead atoms. The predicted molar refractivity (Wildman–Crippen MR) is 66.5 cm³/mol. The maximum Gasteiger partial charge on any atom is 0.162 e. The number of ether oxygens (including phenoxy) is 1. The second-order valence-corrected chi connectivity index (χ2v) is 4.17. The summed E-state index contributed by atoms with van der Waals surface area (Å²) >= 11 is 5.54. The highest BCUT2D eigenvalue weighted by Gasteiger charge is 2.07. The maximum absolute atomic E-state index is 13.4. The van der Waals surface area contributed by atoms with Gasteiger partial charge in [-0.05, 0) is 38.3 Å². The van der Waals surface area contributed by atoms with Gasteiger partial charge in [-0.25, -0.2) is 4.39 Å². The van der Waals surface area contributed by atoms with E-state index in [1.54, 1.807) is 6.07 Å². The molecule has 0 spiro atoms. The van der Waals surface area contributed by atoms with Crippen molar-refractivity contribution in [2.24, 2.45) is 0 Å². The smallest absolute Gasteiger partial charge is 0.162 e. The molecule has 0 amide bonds. The Morgan fingerprint density at radius 1 is 1.35 bits per heavy atom. The molecule has 0 radical (unpaired) electrons. The van der Waals surface area contributed by atoms with E-state index in [2.05, 4.69) is 0 Å². The van der Waals surface area contributed by atoms with Gasteiger partial charge < -0.3 is 4.74 Å². The summed E-state index contributed by atoms with van der Waals surface area (Å²) in [5.41, 5.74) is 0.0968. The van der Waals surface area contributed by atoms with Crippen LogP contribution in [0, 0.1) is 5.82 Å². The normalized spacial score (nSPS) is 10.3. The van der Waals surface area contributed by atoms with Gasteiger partial charge in [-0.3, -0.25) is 4.79 Å². The summed E-state index contributed by atoms with van der Waals surface area (Å²) in [6.07, 6.45) is 2.85. The van der Waals surface area contributed by atoms with Crippen LogP contribution < -0.4 is 4.74 Å². The molecule has 0 saturated heterocycles. The molecule has 1 aromatic rings. The molecule has 0 heterocycles. The maximum atomic E-state index is 13.4. The molecular weight excluding hydrogens is 243 g/mol. The number of hydrogen-bond acceptors (Lipinski definition) is 2. The second-order valence-electron chi connectivity index (χ2n) is 3.80. The molecule has 0 unspecified atom stereocenters. The summed E-state index contributed by atoms with van der Waals surface area (Å²) < 4.78 is 18.8. The Labute approximate surface area is 106 Å². The quantitative estimate of drug-likeness (QED) is 0.422. The van der Waals surface area contributed by atoms with E-state index in [-0.39, 0.29) is 11.3 Å². The van der Waals surface area contributed by atoms with Crippen molar-refractivity contribution < 1.29 is 13.9 Å². The molecule has 0 aliphatic rings. The van der Waals surface area contributed by atoms with Crippen LogP contribution in [0.4, 0.5) is 4.39 Å². The number of unbranched alkanes of at least 4 members (excludes halogenated alkanes) is 2. The van der Waals surface area contributed by atoms with Gasteiger partial charge in [-0.15, -0.1) is 11.6 Å². The van der Waals surface area contributed by atoms with E-state index in [1.807, 2.05) is 0 Å². The number of benzene rings is 1. The molecule has 94 valence electrons. The highest BCUT2D eigenvalue weighted by atomic mass is 35.5. The molecule has 0 saturated carbocycles. The van der Waals surface area contributed by atoms with E-state index in [0.717, 1.165) is 19.3 Å². The van der Waals surface area contributed by atoms with Crippen LogP contribution in [0.3, 0.4) is 0 Å². The van der Waals surface area contributed by atoms with Crippen LogP contribution in [0.2, 0.25) is 0 Å². The fraction of sp³-hybridized carbons (Fsp3) is 0.462. The van der Waals surface area contributed by atoms with Gasteiger partial charge in [0.1, 0.15) is 11.6 Å². The minimum Gasteiger partial charge on any atom is -0.493 e. The van der Waals surface area contributed by atoms with E-state index in [4.69, 9.17) is 16.3 Å². The molecule has 2 nitrogen and oxygen atoms in total. The average Bonchev–Trinajstić information content (AvgIpc) is 2.28. The molecule has 4 heteroatoms. The SMILES string of the molecule is CC(=O)c1ccc(OCCCCCCl)cc1F. The molecule has 1 rings (SSSR count). The van der Waals surface area contributed by atoms with E-state index in [1.165, 1.54) is 19.1 Å². The van der Waals surface area contributed by atoms with Crippen LogP contribution in [0.1, 0.15) is 36.5 Å². The Bertz CT molecular complexity index is 380. The number of ketones is 1. The van der Waals surface area contributed by atoms with Crippen LogP contribution in [0.25, 0.3) is 0 Å². The van der Waals surface area contributed by atoms with Gasteiger partial charge in [0.15, 0.2) is 5.78 Å². The first-order valence-corrected chi connectivity index (χ1v) is 6.18. The van der Waals surface area contributed by atoms with Gasteiger partial charge in [-0.1, -0.05) is 0 Å². The fourth-order valence-corrected chi connectivity index (χ4v) is 1.62. The minimum absolute atomic E-state index is 0.0968. The summed E-state index contributed by atoms with van der Waals surface area (Å²) in [6.45, 7) is 1.88. The summed E-state index contributed by atoms with van der Waals surface area (Å²) in [7, 11) is 0. The van der Waals surface area contributed by atoms with Crippen molar-refractivity contribution in [1.29, 1.82) is 0 Å². The Morgan fingerprint density at radius 2 is 2.12 bits per heavy atom. The van der Waals surface area contributed by atoms with Crippen molar-refractivity contribution in [2.45, 2.75) is 26.2 Å². The molecule has 0 N–H and O–H groups in total. The monoisotopic (exact) mass is 258 g/mol. The van der Waals surface area contributed by atoms with Crippen molar-refractivity contribution >= 4 is 17.4 Å². The lowest BCUT2D eigenvalue weighted by Crippen LogP contribution is -2.01. The molecule has 0 aliphatic carbocycles. The molecule has 1 aromatic carbocycles. The molecule has 0 aromatic heterocycles. The summed E-state index contributed by atoms with van der Waals surface area (Å²) in [5, 5.41) is 0. The van der Waals surface area contributed by atoms with Crippen LogP contribution >= 0.6 is 11.6 Å². The summed E-state index contributed by atoms with van der Waals surface area (Å²) in [5.74, 6) is 0.298. The lowest BCUT2D eigenvalue weighted by atomic mass is 10.1. The third-order valence-electron chi connectivity index (χ3n) is 2.37. The van der Waals surface area contributed by atoms with Crippen LogP contribution in [0.5, 0.6) is 5.75 Å². The van der Waals surface area contributed by atoms with Crippen molar-refractivity contribution in [3.05, 3.63) is 29.6 Å². The van der Waals surface area contributed by atoms with E-state index >= 15 is 0 Å². The Balaban J connectivity index is 2.45. The number of rotatable bonds is 7. The van der Waals surface area contributed by atoms with E-state index in [9.17, 15) is 9.18 Å². The third kappa shape index (κ3) is 4.73. The van der Waals surface area contributed by atoms with Crippen molar-refractivity contribution in [1.82, 2.24) is 0 Å². The molecular formula is C13H16ClFO2. The second kappa shape index (κ2) is 7.28. The number of carbonyl (C=O) groups is 1. The zero-order valence-corrected chi connectivity index (χ0v) is 10.6. The lowest BCUT2D eigenvalue weighted by molar-refractivity contribution is 0.101. The van der Waals surface area contributed by atoms with Gasteiger partial charge in [0.2, 0.25) is 0 Å². The fourth-order valence-electron chi connectivity index (χ4n) is 1.43. The highest BCUT2D eigenvalue weighted by Crippen LogP contribution is 2.17. The zero-order chi connectivity index (χ0) is 12.7. The number of carbonyl (C=O) groups excluding carboxylic acids is 1. The standard InChI is InChI=1S/C13H16ClFO2/c1-10(16)12-6-5-11(9-13(12)15)17-8-4-2-3-7-14/h5-6,9H,2-4,7-8H2,1H3. The van der Waals surface area contributed by atoms with Crippen LogP contribution in [-0.2, 0) is 0 Å². The van der Waals surface area contributed by atoms with Gasteiger partial charge >= 0.3 is 0 Å². The number of halogens is 2. The van der Waals surface area contributed by atoms with Gasteiger partial charge in [0.05, 0.1) is 12.2 Å². The van der Waals surface area contributed by atoms with Crippen LogP contribution in [-0.4, -0.2) is 18.3 Å². The first-order valence-electron chi connectivity index (χ1n) is 5.64. The third-order valence-corrected chi connectivity index (χ3v) is 2.63. The molecule has 0 aliphatic heterocycles. The van der Waals surface area contributed by atoms with E-state index < -0.39 is 5.82 Å². The van der Waals surface area contributed by atoms with Crippen molar-refractivity contribution in [2.75, 3.05) is 12.5 Å². The number of Topliss-reactive ketones (excluding diaryl/α,β-unsaturated/α-hetero) is 1. The molecule has 17 heavy (non-hydrogen) atoms. The Hall–Kier alpha value is -1.09. The van der Waals surface area contributed by atoms with Crippen molar-refractivity contribution in [3.63, 3.8) is 0 Å². The summed E-state index contributed by atoms with van der Waals surface area (Å²) in [4.78, 5) is 11.0. The average molecular weight is 259 g/mol. The predicted octanol–water partition coefficient (Wildman–Crippen LogP) is 3.82. The summed E-state index contributed by atoms with van der Waals surface area (Å²) in [6, 6.07) is 4.31. The topological polar surface area (TPSA) is 26.3 Å². The molecule has 0 fully saturated rings. The number of alkyl halides is 1. The van der Waals surface area contributed by atoms with E-state index in [0.29, 0.717) is 18.2 Å². The van der Waals surface area contributed by atoms with Gasteiger partial charge in [-0.2, -0.15) is 0 Å². The number of hydrogen-bond donors (Lipinski definition) is 0. The molecule has 0 atom stereocenters. The first-order chi connectivity index (χ1) is 8.15. The van der Waals surface area contributed by atoms with Gasteiger partial charge in [0.25, 0.3) is 0 Å². The van der Waals surface area contributed by atoms with Crippen LogP contribution in [0.15, 0.2) is 18.2 Å². The van der Waals surface area contributed by atoms with Gasteiger partial charge in [0, 0.05) is 11.9 Å². The Morgan fingerprint density at radius 3 is 2.71 bits per heavy atom. The largest absolute Gasteiger partial charge is 0.493 e. The first kappa shape index (κ1) is 14.0. The lowest BCUT2D eigenvalue weighted by Gasteiger charge is -2.07. The minimum atomic E-state index is -0.532. The highest BCUT2D eigenvalue weighted by molar-refractivity contribution is 6.17. The zero-order valence-electron chi connectivity index (χ0n) is 9.84. The Kier molecular flexibility index (Phi) is 5.98.